The molecule has 5 aliphatic carbocycles. The number of likely N-dealkylation sites (tertiary alicyclic amines) is 1. The van der Waals surface area contributed by atoms with E-state index in [1.165, 1.54) is 44.2 Å². The van der Waals surface area contributed by atoms with Crippen LogP contribution in [0.5, 0.6) is 5.75 Å². The first-order valence-corrected chi connectivity index (χ1v) is 12.0. The number of alkyl halides is 1. The van der Waals surface area contributed by atoms with Gasteiger partial charge in [0.15, 0.2) is 6.04 Å². The maximum absolute atomic E-state index is 15.1. The SMILES string of the molecule is O=C(O)[C@@H]1[C@@H](F)CCN1C(=O)c1cc(C2CC2)c(OCC23CC4CC(C2)C(C4)C3)cc1F. The first-order valence-electron chi connectivity index (χ1n) is 12.0. The second kappa shape index (κ2) is 7.16. The standard InChI is InChI=1S/C25H29F2NO4/c26-19-3-4-28(22(19)24(30)31)23(29)18-7-17(14-1-2-14)21(8-20(18)27)32-12-25-9-13-5-15(10-25)16(6-13)11-25/h7-8,13-16,19,22H,1-6,9-12H2,(H,30,31)/t13?,15?,16?,19-,22-,25?/m0/s1. The first kappa shape index (κ1) is 20.4. The summed E-state index contributed by atoms with van der Waals surface area (Å²) < 4.78 is 35.4. The Morgan fingerprint density at radius 1 is 1.12 bits per heavy atom. The van der Waals surface area contributed by atoms with E-state index in [9.17, 15) is 19.1 Å². The minimum Gasteiger partial charge on any atom is -0.493 e. The highest BCUT2D eigenvalue weighted by atomic mass is 19.1. The fraction of sp³-hybridized carbons (Fsp3) is 0.680. The topological polar surface area (TPSA) is 66.8 Å². The second-order valence-corrected chi connectivity index (χ2v) is 11.0. The van der Waals surface area contributed by atoms with Crippen molar-refractivity contribution >= 4 is 11.9 Å². The van der Waals surface area contributed by atoms with Gasteiger partial charge in [-0.1, -0.05) is 0 Å². The highest BCUT2D eigenvalue weighted by Gasteiger charge is 2.56. The Labute approximate surface area is 186 Å². The van der Waals surface area contributed by atoms with Gasteiger partial charge < -0.3 is 14.7 Å². The van der Waals surface area contributed by atoms with E-state index in [4.69, 9.17) is 4.74 Å². The molecule has 1 aromatic carbocycles. The third-order valence-corrected chi connectivity index (χ3v) is 8.77. The van der Waals surface area contributed by atoms with Crippen LogP contribution in [0.15, 0.2) is 12.1 Å². The van der Waals surface area contributed by atoms with Gasteiger partial charge in [0.1, 0.15) is 17.7 Å². The number of ether oxygens (including phenoxy) is 1. The highest BCUT2D eigenvalue weighted by Crippen LogP contribution is 2.64. The van der Waals surface area contributed by atoms with Crippen LogP contribution in [-0.2, 0) is 4.79 Å². The zero-order valence-electron chi connectivity index (χ0n) is 18.1. The fourth-order valence-electron chi connectivity index (χ4n) is 7.39. The van der Waals surface area contributed by atoms with Crippen LogP contribution in [0.25, 0.3) is 0 Å². The molecule has 1 heterocycles. The van der Waals surface area contributed by atoms with Gasteiger partial charge >= 0.3 is 5.97 Å². The molecule has 4 bridgehead atoms. The Balaban J connectivity index is 1.25. The van der Waals surface area contributed by atoms with Gasteiger partial charge in [-0.2, -0.15) is 0 Å². The number of carbonyl (C=O) groups is 2. The predicted molar refractivity (Wildman–Crippen MR) is 112 cm³/mol. The minimum atomic E-state index is -1.64. The molecule has 172 valence electrons. The average Bonchev–Trinajstić information content (AvgIpc) is 3.39. The summed E-state index contributed by atoms with van der Waals surface area (Å²) in [4.78, 5) is 25.4. The van der Waals surface area contributed by atoms with Crippen LogP contribution in [0, 0.1) is 29.0 Å². The summed E-state index contributed by atoms with van der Waals surface area (Å²) >= 11 is 0. The molecule has 6 fully saturated rings. The highest BCUT2D eigenvalue weighted by molar-refractivity contribution is 5.97. The lowest BCUT2D eigenvalue weighted by Gasteiger charge is -2.38. The minimum absolute atomic E-state index is 0.0283. The summed E-state index contributed by atoms with van der Waals surface area (Å²) in [6, 6.07) is 1.27. The van der Waals surface area contributed by atoms with Crippen LogP contribution >= 0.6 is 0 Å². The molecule has 5 saturated carbocycles. The Hall–Kier alpha value is -2.18. The van der Waals surface area contributed by atoms with E-state index in [0.29, 0.717) is 12.4 Å². The molecule has 4 atom stereocenters. The quantitative estimate of drug-likeness (QED) is 0.698. The zero-order chi connectivity index (χ0) is 22.2. The number of hydrogen-bond acceptors (Lipinski definition) is 3. The van der Waals surface area contributed by atoms with Crippen molar-refractivity contribution in [1.82, 2.24) is 4.90 Å². The fourth-order valence-corrected chi connectivity index (χ4v) is 7.39. The molecule has 2 unspecified atom stereocenters. The number of amides is 1. The molecular weight excluding hydrogens is 416 g/mol. The first-order chi connectivity index (χ1) is 15.3. The Morgan fingerprint density at radius 2 is 1.84 bits per heavy atom. The van der Waals surface area contributed by atoms with Crippen LogP contribution < -0.4 is 4.74 Å². The van der Waals surface area contributed by atoms with Crippen molar-refractivity contribution in [3.8, 4) is 5.75 Å². The number of carbonyl (C=O) groups excluding carboxylic acids is 1. The third-order valence-electron chi connectivity index (χ3n) is 8.77. The molecule has 6 aliphatic rings. The molecule has 0 radical (unpaired) electrons. The van der Waals surface area contributed by atoms with Gasteiger partial charge in [-0.25, -0.2) is 13.6 Å². The Bertz CT molecular complexity index is 957. The smallest absolute Gasteiger partial charge is 0.329 e. The molecule has 1 aliphatic heterocycles. The molecule has 0 aromatic heterocycles. The van der Waals surface area contributed by atoms with E-state index in [2.05, 4.69) is 0 Å². The van der Waals surface area contributed by atoms with Crippen LogP contribution in [0.1, 0.15) is 73.2 Å². The van der Waals surface area contributed by atoms with Crippen molar-refractivity contribution in [1.29, 1.82) is 0 Å². The van der Waals surface area contributed by atoms with Gasteiger partial charge in [0.2, 0.25) is 0 Å². The monoisotopic (exact) mass is 445 g/mol. The summed E-state index contributed by atoms with van der Waals surface area (Å²) in [6.45, 7) is 0.569. The maximum Gasteiger partial charge on any atom is 0.329 e. The lowest BCUT2D eigenvalue weighted by molar-refractivity contribution is -0.142. The lowest BCUT2D eigenvalue weighted by atomic mass is 9.70. The molecule has 7 rings (SSSR count). The van der Waals surface area contributed by atoms with Gasteiger partial charge in [-0.15, -0.1) is 0 Å². The van der Waals surface area contributed by atoms with E-state index in [0.717, 1.165) is 41.1 Å². The summed E-state index contributed by atoms with van der Waals surface area (Å²) in [5.41, 5.74) is 0.852. The molecule has 5 nitrogen and oxygen atoms in total. The number of halogens is 2. The molecular formula is C25H29F2NO4. The molecule has 1 amide bonds. The van der Waals surface area contributed by atoms with Crippen LogP contribution in [0.2, 0.25) is 0 Å². The van der Waals surface area contributed by atoms with E-state index in [1.54, 1.807) is 0 Å². The summed E-state index contributed by atoms with van der Waals surface area (Å²) in [5.74, 6) is 0.343. The van der Waals surface area contributed by atoms with Crippen LogP contribution in [-0.4, -0.2) is 47.2 Å². The van der Waals surface area contributed by atoms with E-state index < -0.39 is 29.9 Å². The average molecular weight is 446 g/mol. The number of rotatable bonds is 6. The molecule has 0 spiro atoms. The number of carboxylic acids is 1. The molecule has 1 N–H and O–H groups in total. The molecule has 32 heavy (non-hydrogen) atoms. The van der Waals surface area contributed by atoms with Gasteiger partial charge in [0, 0.05) is 18.0 Å². The Kier molecular flexibility index (Phi) is 4.57. The largest absolute Gasteiger partial charge is 0.493 e. The number of aliphatic carboxylic acids is 1. The maximum atomic E-state index is 15.1. The zero-order valence-corrected chi connectivity index (χ0v) is 18.1. The van der Waals surface area contributed by atoms with Crippen molar-refractivity contribution in [3.05, 3.63) is 29.1 Å². The second-order valence-electron chi connectivity index (χ2n) is 11.0. The van der Waals surface area contributed by atoms with Gasteiger partial charge in [-0.3, -0.25) is 4.79 Å². The van der Waals surface area contributed by atoms with Gasteiger partial charge in [0.05, 0.1) is 12.2 Å². The van der Waals surface area contributed by atoms with Crippen molar-refractivity contribution in [2.24, 2.45) is 23.2 Å². The lowest BCUT2D eigenvalue weighted by Crippen LogP contribution is -2.44. The van der Waals surface area contributed by atoms with Crippen molar-refractivity contribution in [3.63, 3.8) is 0 Å². The van der Waals surface area contributed by atoms with Crippen molar-refractivity contribution < 1.29 is 28.2 Å². The number of benzene rings is 1. The molecule has 1 aromatic rings. The van der Waals surface area contributed by atoms with Crippen molar-refractivity contribution in [2.45, 2.75) is 69.5 Å². The Morgan fingerprint density at radius 3 is 2.47 bits per heavy atom. The number of carboxylic acid groups (broad SMARTS) is 1. The normalized spacial score (nSPS) is 37.3. The number of hydrogen-bond donors (Lipinski definition) is 1. The van der Waals surface area contributed by atoms with E-state index >= 15 is 4.39 Å². The van der Waals surface area contributed by atoms with E-state index in [-0.39, 0.29) is 29.9 Å². The molecule has 7 heteroatoms. The number of nitrogens with zero attached hydrogens (tertiary/aromatic N) is 1. The van der Waals surface area contributed by atoms with Crippen LogP contribution in [0.3, 0.4) is 0 Å². The van der Waals surface area contributed by atoms with E-state index in [1.807, 2.05) is 0 Å². The predicted octanol–water partition coefficient (Wildman–Crippen LogP) is 4.55. The summed E-state index contributed by atoms with van der Waals surface area (Å²) in [6.07, 6.45) is 6.57. The summed E-state index contributed by atoms with van der Waals surface area (Å²) in [5, 5.41) is 9.33. The van der Waals surface area contributed by atoms with Crippen LogP contribution in [0.4, 0.5) is 8.78 Å². The molecule has 1 saturated heterocycles. The van der Waals surface area contributed by atoms with Gasteiger partial charge in [-0.05, 0) is 86.7 Å². The third kappa shape index (κ3) is 3.22. The van der Waals surface area contributed by atoms with Gasteiger partial charge in [0.25, 0.3) is 5.91 Å². The van der Waals surface area contributed by atoms with Crippen molar-refractivity contribution in [2.75, 3.05) is 13.2 Å². The summed E-state index contributed by atoms with van der Waals surface area (Å²) in [7, 11) is 0.